The molecule has 0 atom stereocenters. The monoisotopic (exact) mass is 326 g/mol. The number of aromatic carboxylic acids is 1. The van der Waals surface area contributed by atoms with E-state index in [1.165, 1.54) is 12.1 Å². The van der Waals surface area contributed by atoms with Crippen LogP contribution in [0.25, 0.3) is 22.4 Å². The maximum Gasteiger partial charge on any atom is 0.338 e. The molecule has 3 N–H and O–H groups in total. The summed E-state index contributed by atoms with van der Waals surface area (Å²) in [5.41, 5.74) is 2.58. The average molecular weight is 326 g/mol. The molecular weight excluding hydrogens is 312 g/mol. The van der Waals surface area contributed by atoms with Gasteiger partial charge >= 0.3 is 11.9 Å². The van der Waals surface area contributed by atoms with Gasteiger partial charge in [0.2, 0.25) is 0 Å². The third kappa shape index (κ3) is 3.11. The molecule has 0 amide bonds. The fraction of sp³-hybridized carbons (Fsp3) is 0.118. The Kier molecular flexibility index (Phi) is 4.26. The zero-order chi connectivity index (χ0) is 17.1. The number of nitrogens with zero attached hydrogens (tertiary/aromatic N) is 1. The van der Waals surface area contributed by atoms with E-state index in [1.54, 1.807) is 30.3 Å². The molecule has 0 radical (unpaired) electrons. The van der Waals surface area contributed by atoms with Gasteiger partial charge in [-0.2, -0.15) is 0 Å². The minimum absolute atomic E-state index is 0.0456. The van der Waals surface area contributed by atoms with E-state index in [9.17, 15) is 9.59 Å². The number of aromatic amines is 1. The third-order valence-electron chi connectivity index (χ3n) is 3.45. The van der Waals surface area contributed by atoms with Crippen LogP contribution < -0.4 is 0 Å². The SMILES string of the molecule is O=C(O)c1ccc2nc(-c3ccc(C(=O)OCCO)cc3)[nH]c2c1. The first-order chi connectivity index (χ1) is 11.6. The van der Waals surface area contributed by atoms with Gasteiger partial charge in [0.05, 0.1) is 28.8 Å². The predicted molar refractivity (Wildman–Crippen MR) is 85.9 cm³/mol. The molecule has 122 valence electrons. The van der Waals surface area contributed by atoms with Crippen molar-refractivity contribution in [3.63, 3.8) is 0 Å². The lowest BCUT2D eigenvalue weighted by Crippen LogP contribution is -2.08. The van der Waals surface area contributed by atoms with Crippen molar-refractivity contribution in [3.8, 4) is 11.4 Å². The van der Waals surface area contributed by atoms with Crippen LogP contribution in [-0.2, 0) is 4.74 Å². The first kappa shape index (κ1) is 15.7. The van der Waals surface area contributed by atoms with E-state index < -0.39 is 11.9 Å². The Hall–Kier alpha value is -3.19. The van der Waals surface area contributed by atoms with Crippen molar-refractivity contribution in [1.29, 1.82) is 0 Å². The van der Waals surface area contributed by atoms with Crippen LogP contribution in [0.5, 0.6) is 0 Å². The molecule has 2 aromatic carbocycles. The predicted octanol–water partition coefficient (Wildman–Crippen LogP) is 2.08. The van der Waals surface area contributed by atoms with Gasteiger partial charge in [0.25, 0.3) is 0 Å². The van der Waals surface area contributed by atoms with Gasteiger partial charge in [0.15, 0.2) is 0 Å². The zero-order valence-corrected chi connectivity index (χ0v) is 12.5. The number of imidazole rings is 1. The molecule has 24 heavy (non-hydrogen) atoms. The van der Waals surface area contributed by atoms with E-state index in [2.05, 4.69) is 9.97 Å². The molecule has 0 saturated carbocycles. The smallest absolute Gasteiger partial charge is 0.338 e. The molecule has 7 nitrogen and oxygen atoms in total. The van der Waals surface area contributed by atoms with Crippen LogP contribution in [0, 0.1) is 0 Å². The Balaban J connectivity index is 1.87. The summed E-state index contributed by atoms with van der Waals surface area (Å²) in [7, 11) is 0. The van der Waals surface area contributed by atoms with Crippen LogP contribution >= 0.6 is 0 Å². The lowest BCUT2D eigenvalue weighted by atomic mass is 10.1. The van der Waals surface area contributed by atoms with E-state index >= 15 is 0 Å². The van der Waals surface area contributed by atoms with E-state index in [4.69, 9.17) is 14.9 Å². The number of carbonyl (C=O) groups is 2. The van der Waals surface area contributed by atoms with Crippen LogP contribution in [0.1, 0.15) is 20.7 Å². The first-order valence-corrected chi connectivity index (χ1v) is 7.20. The average Bonchev–Trinajstić information content (AvgIpc) is 3.02. The molecule has 0 aliphatic rings. The quantitative estimate of drug-likeness (QED) is 0.619. The molecule has 3 aromatic rings. The van der Waals surface area contributed by atoms with Crippen molar-refractivity contribution in [2.24, 2.45) is 0 Å². The highest BCUT2D eigenvalue weighted by molar-refractivity contribution is 5.93. The van der Waals surface area contributed by atoms with Crippen molar-refractivity contribution in [1.82, 2.24) is 9.97 Å². The number of aliphatic hydroxyl groups is 1. The zero-order valence-electron chi connectivity index (χ0n) is 12.5. The van der Waals surface area contributed by atoms with E-state index in [-0.39, 0.29) is 18.8 Å². The van der Waals surface area contributed by atoms with Crippen molar-refractivity contribution in [2.75, 3.05) is 13.2 Å². The summed E-state index contributed by atoms with van der Waals surface area (Å²) < 4.78 is 4.84. The number of hydrogen-bond donors (Lipinski definition) is 3. The number of carbonyl (C=O) groups excluding carboxylic acids is 1. The molecule has 1 heterocycles. The number of carboxylic acids is 1. The van der Waals surface area contributed by atoms with Gasteiger partial charge in [-0.25, -0.2) is 14.6 Å². The molecule has 0 spiro atoms. The van der Waals surface area contributed by atoms with Crippen molar-refractivity contribution in [2.45, 2.75) is 0 Å². The second kappa shape index (κ2) is 6.51. The van der Waals surface area contributed by atoms with Gasteiger partial charge in [-0.1, -0.05) is 12.1 Å². The fourth-order valence-corrected chi connectivity index (χ4v) is 2.27. The Morgan fingerprint density at radius 1 is 1.08 bits per heavy atom. The minimum Gasteiger partial charge on any atom is -0.478 e. The molecule has 7 heteroatoms. The Bertz CT molecular complexity index is 899. The van der Waals surface area contributed by atoms with Crippen LogP contribution in [-0.4, -0.2) is 45.3 Å². The molecule has 1 aromatic heterocycles. The topological polar surface area (TPSA) is 113 Å². The Morgan fingerprint density at radius 3 is 2.46 bits per heavy atom. The lowest BCUT2D eigenvalue weighted by Gasteiger charge is -2.03. The maximum absolute atomic E-state index is 11.7. The van der Waals surface area contributed by atoms with Gasteiger partial charge < -0.3 is 19.9 Å². The van der Waals surface area contributed by atoms with Gasteiger partial charge in [0, 0.05) is 5.56 Å². The standard InChI is InChI=1S/C17H14N2O5/c20-7-8-24-17(23)11-3-1-10(2-4-11)15-18-13-6-5-12(16(21)22)9-14(13)19-15/h1-6,9,20H,7-8H2,(H,18,19)(H,21,22). The largest absolute Gasteiger partial charge is 0.478 e. The van der Waals surface area contributed by atoms with Crippen molar-refractivity contribution >= 4 is 23.0 Å². The highest BCUT2D eigenvalue weighted by Crippen LogP contribution is 2.22. The van der Waals surface area contributed by atoms with Gasteiger partial charge in [-0.3, -0.25) is 0 Å². The lowest BCUT2D eigenvalue weighted by molar-refractivity contribution is 0.0433. The highest BCUT2D eigenvalue weighted by Gasteiger charge is 2.11. The van der Waals surface area contributed by atoms with Gasteiger partial charge in [0.1, 0.15) is 12.4 Å². The van der Waals surface area contributed by atoms with Crippen LogP contribution in [0.2, 0.25) is 0 Å². The molecule has 0 unspecified atom stereocenters. The normalized spacial score (nSPS) is 10.7. The Labute approximate surface area is 136 Å². The summed E-state index contributed by atoms with van der Waals surface area (Å²) in [6.07, 6.45) is 0. The minimum atomic E-state index is -1.00. The number of fused-ring (bicyclic) bond motifs is 1. The van der Waals surface area contributed by atoms with Crippen LogP contribution in [0.4, 0.5) is 0 Å². The molecule has 0 bridgehead atoms. The molecule has 3 rings (SSSR count). The van der Waals surface area contributed by atoms with Crippen LogP contribution in [0.3, 0.4) is 0 Å². The summed E-state index contributed by atoms with van der Waals surface area (Å²) in [5, 5.41) is 17.7. The molecule has 0 fully saturated rings. The number of benzene rings is 2. The third-order valence-corrected chi connectivity index (χ3v) is 3.45. The molecule has 0 aliphatic carbocycles. The number of nitrogens with one attached hydrogen (secondary N) is 1. The Morgan fingerprint density at radius 2 is 1.79 bits per heavy atom. The summed E-state index contributed by atoms with van der Waals surface area (Å²) in [6.45, 7) is -0.267. The second-order valence-corrected chi connectivity index (χ2v) is 5.06. The number of aromatic nitrogens is 2. The summed E-state index contributed by atoms with van der Waals surface area (Å²) >= 11 is 0. The number of ether oxygens (including phenoxy) is 1. The van der Waals surface area contributed by atoms with Crippen molar-refractivity contribution in [3.05, 3.63) is 53.6 Å². The number of esters is 1. The molecule has 0 saturated heterocycles. The fourth-order valence-electron chi connectivity index (χ4n) is 2.27. The number of aliphatic hydroxyl groups excluding tert-OH is 1. The summed E-state index contributed by atoms with van der Waals surface area (Å²) in [5.74, 6) is -0.937. The first-order valence-electron chi connectivity index (χ1n) is 7.20. The summed E-state index contributed by atoms with van der Waals surface area (Å²) in [4.78, 5) is 30.2. The number of hydrogen-bond acceptors (Lipinski definition) is 5. The van der Waals surface area contributed by atoms with E-state index in [0.717, 1.165) is 5.56 Å². The number of H-pyrrole nitrogens is 1. The summed E-state index contributed by atoms with van der Waals surface area (Å²) in [6, 6.07) is 11.3. The maximum atomic E-state index is 11.7. The van der Waals surface area contributed by atoms with E-state index in [0.29, 0.717) is 22.4 Å². The molecular formula is C17H14N2O5. The van der Waals surface area contributed by atoms with E-state index in [1.807, 2.05) is 0 Å². The number of rotatable bonds is 5. The molecule has 0 aliphatic heterocycles. The van der Waals surface area contributed by atoms with Crippen molar-refractivity contribution < 1.29 is 24.5 Å². The van der Waals surface area contributed by atoms with Gasteiger partial charge in [-0.05, 0) is 30.3 Å². The highest BCUT2D eigenvalue weighted by atomic mass is 16.5. The number of carboxylic acid groups (broad SMARTS) is 1. The van der Waals surface area contributed by atoms with Crippen LogP contribution in [0.15, 0.2) is 42.5 Å². The second-order valence-electron chi connectivity index (χ2n) is 5.06. The van der Waals surface area contributed by atoms with Gasteiger partial charge in [-0.15, -0.1) is 0 Å².